The van der Waals surface area contributed by atoms with Crippen molar-refractivity contribution in [1.82, 2.24) is 47.9 Å². The van der Waals surface area contributed by atoms with E-state index in [4.69, 9.17) is 62.1 Å². The van der Waals surface area contributed by atoms with Crippen molar-refractivity contribution in [2.75, 3.05) is 26.9 Å². The molecule has 4 saturated carbocycles. The van der Waals surface area contributed by atoms with E-state index in [1.807, 2.05) is 20.8 Å². The number of halogens is 2. The van der Waals surface area contributed by atoms with Gasteiger partial charge in [-0.05, 0) is 178 Å². The molecule has 0 radical (unpaired) electrons. The van der Waals surface area contributed by atoms with Crippen LogP contribution in [-0.4, -0.2) is 211 Å². The van der Waals surface area contributed by atoms with E-state index in [2.05, 4.69) is 47.9 Å². The Labute approximate surface area is 693 Å². The van der Waals surface area contributed by atoms with E-state index in [-0.39, 0.29) is 93.1 Å². The number of fused-ring (bicyclic) bond motifs is 15. The first-order chi connectivity index (χ1) is 56.6. The van der Waals surface area contributed by atoms with Gasteiger partial charge in [0.05, 0.1) is 41.3 Å². The lowest BCUT2D eigenvalue weighted by molar-refractivity contribution is -0.333. The number of phenolic OH excluding ortho intramolecular Hbond substituents is 3. The van der Waals surface area contributed by atoms with Crippen LogP contribution in [-0.2, 0) is 62.1 Å². The third-order valence-corrected chi connectivity index (χ3v) is 24.1. The van der Waals surface area contributed by atoms with Crippen LogP contribution in [0.2, 0.25) is 10.0 Å². The van der Waals surface area contributed by atoms with Crippen molar-refractivity contribution in [3.8, 4) is 57.1 Å². The second-order valence-electron chi connectivity index (χ2n) is 32.8. The SMILES string of the molecule is CCCCOCC(=O)NC(=O)C[C@@H]1NC(=O)[C@H](NC(=O)[C@@H](CC(C)C)NC)[C@H](O)c2ccc(c(Cl)c2)Oc2cc3cc(c2O[C@@H]2O[C@H](CO)[C@@H](O)[C@H](O)[C@H]2O[C@H]2C[C@](C)(N)[C@H](O)[C@H](C)O2)Oc2ccc(cc2Cl)[C@@H](O)[C@@H]2NC(=O)[C@H](NC(=O)[C@@H]3NC1=O)c1ccc(O)c(c1)-c1c(O)cc(O)cc1[C@@H](C(=O)NC1C3CC4CC(C3)CC1C4)NC2=O. The Morgan fingerprint density at radius 2 is 1.30 bits per heavy atom. The summed E-state index contributed by atoms with van der Waals surface area (Å²) in [6.07, 6.45) is -13.2. The number of unbranched alkanes of at least 4 members (excludes halogenated alkanes) is 1. The molecule has 15 bridgehead atoms. The van der Waals surface area contributed by atoms with Crippen molar-refractivity contribution in [2.45, 2.75) is 214 Å². The Morgan fingerprint density at radius 3 is 1.92 bits per heavy atom. The summed E-state index contributed by atoms with van der Waals surface area (Å²) in [5, 5.41) is 129. The molecule has 6 fully saturated rings. The van der Waals surface area contributed by atoms with Gasteiger partial charge in [0, 0.05) is 41.8 Å². The van der Waals surface area contributed by atoms with Crippen molar-refractivity contribution in [3.05, 3.63) is 117 Å². The van der Waals surface area contributed by atoms with Gasteiger partial charge in [0.15, 0.2) is 23.9 Å². The number of rotatable bonds is 19. The standard InChI is InChI=1S/C82H100Cl2N10O25/c1-7-8-15-113-32-58(100)88-57(99)29-49-75(107)90-63-42-25-54(115-52-13-10-38(23-46(52)83)67(101)65(79(111)87-49)93-74(106)48(86-6)16-33(2)3)71(119-81-72(70(104)69(103)56(31-95)117-81)118-59-30-82(5,85)73(105)34(4)114-59)55(26-42)116-53-14-11-39(24-47(53)84)68(102)66-80(112)92-64(78(110)89-61-40-18-35-17-36(20-40)21-41(61)19-35)45-27-43(96)28-51(98)60(45)44-22-37(9-12-50(44)97)62(76(108)94-66)91-77(63)109/h9-14,22-28,33-36,40-41,48-49,56,59,61-70,72-73,81,86,95-98,101-105H,7-8,15-21,29-32,85H2,1-6H3,(H,87,111)(H,89,110)(H,90,107)(H,91,109)(H,92,112)(H,93,106)(H,94,108)(H,88,99,100)/t34-,35?,36?,40?,41?,48+,49-,56+,59-,61?,62+,63+,64-,65+,66-,67+,68+,69+,70-,72+,73+,81-,82-/m0/s1. The maximum atomic E-state index is 16.5. The summed E-state index contributed by atoms with van der Waals surface area (Å²) in [6, 6.07) is -0.0346. The van der Waals surface area contributed by atoms with Gasteiger partial charge >= 0.3 is 0 Å². The molecule has 7 heterocycles. The van der Waals surface area contributed by atoms with Crippen LogP contribution in [0, 0.1) is 29.6 Å². The van der Waals surface area contributed by atoms with Gasteiger partial charge < -0.3 is 127 Å². The Balaban J connectivity index is 1.02. The van der Waals surface area contributed by atoms with Gasteiger partial charge in [-0.3, -0.25) is 48.5 Å². The molecule has 11 aliphatic rings. The summed E-state index contributed by atoms with van der Waals surface area (Å²) in [4.78, 5) is 137. The minimum atomic E-state index is -2.40. The van der Waals surface area contributed by atoms with Gasteiger partial charge in [0.2, 0.25) is 59.3 Å². The highest BCUT2D eigenvalue weighted by atomic mass is 35.5. The highest BCUT2D eigenvalue weighted by molar-refractivity contribution is 6.32. The highest BCUT2D eigenvalue weighted by Gasteiger charge is 2.53. The predicted molar refractivity (Wildman–Crippen MR) is 420 cm³/mol. The number of hydrogen-bond acceptors (Lipinski definition) is 27. The maximum Gasteiger partial charge on any atom is 0.252 e. The summed E-state index contributed by atoms with van der Waals surface area (Å²) < 4.78 is 44.4. The normalized spacial score (nSPS) is 31.3. The number of amides is 9. The average Bonchev–Trinajstić information content (AvgIpc) is 0.755. The molecule has 35 nitrogen and oxygen atoms in total. The van der Waals surface area contributed by atoms with Crippen LogP contribution >= 0.6 is 23.2 Å². The van der Waals surface area contributed by atoms with Crippen LogP contribution in [0.15, 0.2) is 78.9 Å². The molecule has 0 spiro atoms. The largest absolute Gasteiger partial charge is 0.508 e. The molecular weight excluding hydrogens is 1600 g/mol. The molecule has 0 aromatic heterocycles. The van der Waals surface area contributed by atoms with Crippen LogP contribution < -0.4 is 67.8 Å². The summed E-state index contributed by atoms with van der Waals surface area (Å²) in [7, 11) is 1.48. The second-order valence-corrected chi connectivity index (χ2v) is 33.6. The minimum absolute atomic E-state index is 0.0597. The predicted octanol–water partition coefficient (Wildman–Crippen LogP) is 2.94. The van der Waals surface area contributed by atoms with Gasteiger partial charge in [-0.1, -0.05) is 68.6 Å². The van der Waals surface area contributed by atoms with Gasteiger partial charge in [-0.25, -0.2) is 0 Å². The number of aromatic hydroxyl groups is 3. The van der Waals surface area contributed by atoms with Crippen molar-refractivity contribution in [3.63, 3.8) is 0 Å². The van der Waals surface area contributed by atoms with E-state index in [0.717, 1.165) is 86.7 Å². The Morgan fingerprint density at radius 1 is 0.681 bits per heavy atom. The van der Waals surface area contributed by atoms with E-state index in [9.17, 15) is 60.3 Å². The number of likely N-dealkylation sites (N-methyl/N-ethyl adjacent to an activating group) is 1. The quantitative estimate of drug-likeness (QED) is 0.0528. The minimum Gasteiger partial charge on any atom is -0.508 e. The third-order valence-electron chi connectivity index (χ3n) is 23.5. The number of benzene rings is 5. The summed E-state index contributed by atoms with van der Waals surface area (Å²) >= 11 is 14.4. The number of nitrogens with two attached hydrogens (primary N) is 1. The molecule has 7 aliphatic heterocycles. The van der Waals surface area contributed by atoms with Crippen LogP contribution in [0.5, 0.6) is 46.0 Å². The molecule has 18 atom stereocenters. The van der Waals surface area contributed by atoms with E-state index >= 15 is 28.8 Å². The van der Waals surface area contributed by atoms with E-state index in [1.165, 1.54) is 45.2 Å². The monoisotopic (exact) mass is 1690 g/mol. The van der Waals surface area contributed by atoms with E-state index in [0.29, 0.717) is 24.7 Å². The lowest BCUT2D eigenvalue weighted by Crippen LogP contribution is -2.64. The summed E-state index contributed by atoms with van der Waals surface area (Å²) in [5.41, 5.74) is 2.94. The fraction of sp³-hybridized carbons (Fsp3) is 0.524. The number of ether oxygens (including phenoxy) is 7. The van der Waals surface area contributed by atoms with Crippen LogP contribution in [0.3, 0.4) is 0 Å². The molecule has 0 unspecified atom stereocenters. The smallest absolute Gasteiger partial charge is 0.252 e. The lowest BCUT2D eigenvalue weighted by atomic mass is 9.54. The molecule has 5 aromatic rings. The first-order valence-electron chi connectivity index (χ1n) is 39.7. The van der Waals surface area contributed by atoms with Gasteiger partial charge in [0.1, 0.15) is 102 Å². The Bertz CT molecular complexity index is 4680. The van der Waals surface area contributed by atoms with Crippen LogP contribution in [0.4, 0.5) is 0 Å². The molecule has 2 saturated heterocycles. The van der Waals surface area contributed by atoms with E-state index < -0.39 is 227 Å². The lowest BCUT2D eigenvalue weighted by Gasteiger charge is -2.54. The first-order valence-corrected chi connectivity index (χ1v) is 40.5. The van der Waals surface area contributed by atoms with Gasteiger partial charge in [0.25, 0.3) is 5.91 Å². The molecule has 37 heteroatoms. The fourth-order valence-corrected chi connectivity index (χ4v) is 18.0. The topological polar surface area (TPSA) is 535 Å². The molecular formula is C82H100Cl2N10O25. The average molecular weight is 1700 g/mol. The highest BCUT2D eigenvalue weighted by Crippen LogP contribution is 2.55. The number of carbonyl (C=O) groups excluding carboxylic acids is 9. The number of phenols is 3. The number of imide groups is 1. The van der Waals surface area contributed by atoms with Gasteiger partial charge in [-0.15, -0.1) is 0 Å². The number of carbonyl (C=O) groups is 9. The zero-order chi connectivity index (χ0) is 85.5. The van der Waals surface area contributed by atoms with Crippen LogP contribution in [0.1, 0.15) is 157 Å². The number of nitrogens with one attached hydrogen (secondary N) is 9. The zero-order valence-corrected chi connectivity index (χ0v) is 67.4. The zero-order valence-electron chi connectivity index (χ0n) is 65.9. The van der Waals surface area contributed by atoms with Gasteiger partial charge in [-0.2, -0.15) is 0 Å². The third kappa shape index (κ3) is 19.0. The molecule has 16 rings (SSSR count). The fourth-order valence-electron chi connectivity index (χ4n) is 17.6. The number of hydrogen-bond donors (Lipinski definition) is 19. The Kier molecular flexibility index (Phi) is 26.7. The van der Waals surface area contributed by atoms with Crippen molar-refractivity contribution >= 4 is 76.4 Å². The Hall–Kier alpha value is -9.57. The maximum absolute atomic E-state index is 16.5. The first kappa shape index (κ1) is 87.3. The number of aliphatic hydroxyl groups excluding tert-OH is 6. The molecule has 9 amide bonds. The van der Waals surface area contributed by atoms with Crippen molar-refractivity contribution in [1.29, 1.82) is 0 Å². The summed E-state index contributed by atoms with van der Waals surface area (Å²) in [5.74, 6) is -14.6. The molecule has 20 N–H and O–H groups in total. The molecule has 4 aliphatic carbocycles. The molecule has 119 heavy (non-hydrogen) atoms. The van der Waals surface area contributed by atoms with Crippen molar-refractivity contribution < 1.29 is 122 Å². The second kappa shape index (κ2) is 36.4. The summed E-state index contributed by atoms with van der Waals surface area (Å²) in [6.45, 7) is 7.01. The molecule has 642 valence electrons. The number of aliphatic hydroxyl groups is 6. The van der Waals surface area contributed by atoms with Crippen molar-refractivity contribution in [2.24, 2.45) is 35.3 Å². The molecule has 5 aromatic carbocycles. The van der Waals surface area contributed by atoms with Crippen LogP contribution in [0.25, 0.3) is 11.1 Å². The van der Waals surface area contributed by atoms with E-state index in [1.54, 1.807) is 0 Å².